The lowest BCUT2D eigenvalue weighted by atomic mass is 9.82. The van der Waals surface area contributed by atoms with Crippen LogP contribution in [0.2, 0.25) is 0 Å². The molecule has 7 nitrogen and oxygen atoms in total. The van der Waals surface area contributed by atoms with Gasteiger partial charge in [-0.3, -0.25) is 9.78 Å². The van der Waals surface area contributed by atoms with Gasteiger partial charge in [-0.25, -0.2) is 4.98 Å². The molecular weight excluding hydrogens is 464 g/mol. The zero-order chi connectivity index (χ0) is 26.2. The summed E-state index contributed by atoms with van der Waals surface area (Å²) in [5.41, 5.74) is 11.5. The number of rotatable bonds is 9. The van der Waals surface area contributed by atoms with Crippen molar-refractivity contribution in [3.05, 3.63) is 77.3 Å². The van der Waals surface area contributed by atoms with Gasteiger partial charge >= 0.3 is 0 Å². The highest BCUT2D eigenvalue weighted by Gasteiger charge is 2.24. The van der Waals surface area contributed by atoms with E-state index in [4.69, 9.17) is 15.5 Å². The average Bonchev–Trinajstić information content (AvgIpc) is 2.93. The first-order chi connectivity index (χ1) is 18.0. The van der Waals surface area contributed by atoms with Gasteiger partial charge in [0.1, 0.15) is 11.4 Å². The maximum absolute atomic E-state index is 13.3. The molecule has 1 saturated carbocycles. The molecule has 1 fully saturated rings. The number of hydrogen-bond acceptors (Lipinski definition) is 6. The standard InChI is InChI=1S/C30H36N4O3/c1-3-15-37-24-12-9-22(16-20(2)18-31)26(17-24)27-5-4-6-28(33-27)30(36)34-29-19-32-14-13-25(29)21-7-10-23(35)11-8-21/h4-6,9,12-14,16-17,19,21,23,35H,3,7-8,10-11,15,18,31H2,1-2H3,(H,34,36). The fourth-order valence-corrected chi connectivity index (χ4v) is 4.67. The van der Waals surface area contributed by atoms with Crippen LogP contribution in [0.3, 0.4) is 0 Å². The minimum atomic E-state index is -0.291. The van der Waals surface area contributed by atoms with Crippen LogP contribution in [0.5, 0.6) is 5.75 Å². The zero-order valence-corrected chi connectivity index (χ0v) is 21.6. The minimum Gasteiger partial charge on any atom is -0.494 e. The summed E-state index contributed by atoms with van der Waals surface area (Å²) >= 11 is 0. The van der Waals surface area contributed by atoms with Crippen LogP contribution in [0.1, 0.15) is 73.5 Å². The molecule has 1 aromatic carbocycles. The normalized spacial score (nSPS) is 17.9. The maximum Gasteiger partial charge on any atom is 0.274 e. The van der Waals surface area contributed by atoms with Crippen LogP contribution in [0.25, 0.3) is 17.3 Å². The number of hydrogen-bond donors (Lipinski definition) is 3. The number of aromatic nitrogens is 2. The van der Waals surface area contributed by atoms with Crippen molar-refractivity contribution in [1.29, 1.82) is 0 Å². The summed E-state index contributed by atoms with van der Waals surface area (Å²) in [4.78, 5) is 22.3. The van der Waals surface area contributed by atoms with E-state index >= 15 is 0 Å². The average molecular weight is 501 g/mol. The number of ether oxygens (including phenoxy) is 1. The van der Waals surface area contributed by atoms with Crippen molar-refractivity contribution in [3.63, 3.8) is 0 Å². The third-order valence-electron chi connectivity index (χ3n) is 6.72. The number of aliphatic hydroxyl groups is 1. The van der Waals surface area contributed by atoms with Crippen LogP contribution < -0.4 is 15.8 Å². The van der Waals surface area contributed by atoms with Crippen molar-refractivity contribution < 1.29 is 14.6 Å². The van der Waals surface area contributed by atoms with Gasteiger partial charge < -0.3 is 20.9 Å². The molecule has 0 unspecified atom stereocenters. The van der Waals surface area contributed by atoms with E-state index in [1.165, 1.54) is 0 Å². The zero-order valence-electron chi connectivity index (χ0n) is 21.6. The number of carbonyl (C=O) groups excluding carboxylic acids is 1. The van der Waals surface area contributed by atoms with Crippen LogP contribution in [0.15, 0.2) is 60.4 Å². The van der Waals surface area contributed by atoms with E-state index in [0.29, 0.717) is 30.2 Å². The molecule has 7 heteroatoms. The Hall–Kier alpha value is -3.55. The van der Waals surface area contributed by atoms with E-state index < -0.39 is 0 Å². The van der Waals surface area contributed by atoms with Crippen molar-refractivity contribution in [2.45, 2.75) is 58.0 Å². The molecule has 0 atom stereocenters. The molecule has 0 radical (unpaired) electrons. The highest BCUT2D eigenvalue weighted by Crippen LogP contribution is 2.36. The first-order valence-electron chi connectivity index (χ1n) is 13.0. The summed E-state index contributed by atoms with van der Waals surface area (Å²) in [6, 6.07) is 13.3. The van der Waals surface area contributed by atoms with Gasteiger partial charge in [0.05, 0.1) is 30.3 Å². The lowest BCUT2D eigenvalue weighted by Crippen LogP contribution is -2.20. The topological polar surface area (TPSA) is 110 Å². The van der Waals surface area contributed by atoms with Crippen LogP contribution in [-0.4, -0.2) is 40.2 Å². The van der Waals surface area contributed by atoms with Gasteiger partial charge in [0.25, 0.3) is 5.91 Å². The SMILES string of the molecule is CCCOc1ccc(C=C(C)CN)c(-c2cccc(C(=O)Nc3cnccc3C3CCC(O)CC3)n2)c1. The van der Waals surface area contributed by atoms with Gasteiger partial charge in [0.15, 0.2) is 0 Å². The lowest BCUT2D eigenvalue weighted by Gasteiger charge is -2.27. The van der Waals surface area contributed by atoms with Crippen LogP contribution in [0, 0.1) is 0 Å². The fraction of sp³-hybridized carbons (Fsp3) is 0.367. The summed E-state index contributed by atoms with van der Waals surface area (Å²) in [7, 11) is 0. The number of benzene rings is 1. The molecule has 194 valence electrons. The van der Waals surface area contributed by atoms with E-state index in [1.807, 2.05) is 49.4 Å². The second-order valence-corrected chi connectivity index (χ2v) is 9.62. The van der Waals surface area contributed by atoms with Crippen LogP contribution in [-0.2, 0) is 0 Å². The summed E-state index contributed by atoms with van der Waals surface area (Å²) in [5, 5.41) is 12.9. The van der Waals surface area contributed by atoms with Crippen molar-refractivity contribution in [2.75, 3.05) is 18.5 Å². The lowest BCUT2D eigenvalue weighted by molar-refractivity contribution is 0.102. The molecule has 2 aromatic heterocycles. The predicted octanol–water partition coefficient (Wildman–Crippen LogP) is 5.57. The molecule has 1 aliphatic rings. The first kappa shape index (κ1) is 26.5. The van der Waals surface area contributed by atoms with Crippen molar-refractivity contribution >= 4 is 17.7 Å². The summed E-state index contributed by atoms with van der Waals surface area (Å²) in [6.07, 6.45) is 9.47. The molecule has 0 spiro atoms. The van der Waals surface area contributed by atoms with Gasteiger partial charge in [0.2, 0.25) is 0 Å². The van der Waals surface area contributed by atoms with Crippen molar-refractivity contribution in [1.82, 2.24) is 9.97 Å². The Kier molecular flexibility index (Phi) is 9.04. The Morgan fingerprint density at radius 3 is 2.76 bits per heavy atom. The predicted molar refractivity (Wildman–Crippen MR) is 148 cm³/mol. The molecule has 2 heterocycles. The van der Waals surface area contributed by atoms with E-state index in [1.54, 1.807) is 18.5 Å². The van der Waals surface area contributed by atoms with E-state index in [2.05, 4.69) is 17.2 Å². The second kappa shape index (κ2) is 12.6. The number of nitrogens with zero attached hydrogens (tertiary/aromatic N) is 2. The smallest absolute Gasteiger partial charge is 0.274 e. The molecular formula is C30H36N4O3. The Labute approximate surface area is 218 Å². The Morgan fingerprint density at radius 2 is 2.00 bits per heavy atom. The van der Waals surface area contributed by atoms with Gasteiger partial charge in [0, 0.05) is 18.3 Å². The van der Waals surface area contributed by atoms with Gasteiger partial charge in [-0.1, -0.05) is 30.7 Å². The van der Waals surface area contributed by atoms with Gasteiger partial charge in [-0.2, -0.15) is 0 Å². The minimum absolute atomic E-state index is 0.234. The highest BCUT2D eigenvalue weighted by atomic mass is 16.5. The maximum atomic E-state index is 13.3. The van der Waals surface area contributed by atoms with Crippen molar-refractivity contribution in [3.8, 4) is 17.0 Å². The third-order valence-corrected chi connectivity index (χ3v) is 6.72. The summed E-state index contributed by atoms with van der Waals surface area (Å²) in [5.74, 6) is 0.751. The number of amides is 1. The van der Waals surface area contributed by atoms with Gasteiger partial charge in [-0.05, 0) is 86.4 Å². The number of nitrogens with one attached hydrogen (secondary N) is 1. The largest absolute Gasteiger partial charge is 0.494 e. The van der Waals surface area contributed by atoms with E-state index in [0.717, 1.165) is 60.1 Å². The number of pyridine rings is 2. The van der Waals surface area contributed by atoms with Crippen LogP contribution >= 0.6 is 0 Å². The fourth-order valence-electron chi connectivity index (χ4n) is 4.67. The second-order valence-electron chi connectivity index (χ2n) is 9.62. The Balaban J connectivity index is 1.62. The summed E-state index contributed by atoms with van der Waals surface area (Å²) in [6.45, 7) is 5.13. The molecule has 4 N–H and O–H groups in total. The number of carbonyl (C=O) groups is 1. The summed E-state index contributed by atoms with van der Waals surface area (Å²) < 4.78 is 5.86. The van der Waals surface area contributed by atoms with E-state index in [-0.39, 0.29) is 17.9 Å². The first-order valence-corrected chi connectivity index (χ1v) is 13.0. The molecule has 1 amide bonds. The molecule has 0 saturated heterocycles. The molecule has 4 rings (SSSR count). The monoisotopic (exact) mass is 500 g/mol. The highest BCUT2D eigenvalue weighted by molar-refractivity contribution is 6.03. The van der Waals surface area contributed by atoms with E-state index in [9.17, 15) is 9.90 Å². The van der Waals surface area contributed by atoms with Crippen LogP contribution in [0.4, 0.5) is 5.69 Å². The molecule has 0 bridgehead atoms. The quantitative estimate of drug-likeness (QED) is 0.355. The van der Waals surface area contributed by atoms with Crippen molar-refractivity contribution in [2.24, 2.45) is 5.73 Å². The number of nitrogens with two attached hydrogens (primary N) is 1. The Morgan fingerprint density at radius 1 is 1.19 bits per heavy atom. The molecule has 37 heavy (non-hydrogen) atoms. The third kappa shape index (κ3) is 6.81. The molecule has 0 aliphatic heterocycles. The number of anilines is 1. The molecule has 3 aromatic rings. The Bertz CT molecular complexity index is 1250. The molecule has 1 aliphatic carbocycles. The van der Waals surface area contributed by atoms with Gasteiger partial charge in [-0.15, -0.1) is 0 Å². The number of aliphatic hydroxyl groups excluding tert-OH is 1.